The van der Waals surface area contributed by atoms with Crippen molar-refractivity contribution in [3.8, 4) is 11.8 Å². The van der Waals surface area contributed by atoms with Crippen LogP contribution in [0.2, 0.25) is 0 Å². The van der Waals surface area contributed by atoms with Gasteiger partial charge in [-0.15, -0.1) is 0 Å². The van der Waals surface area contributed by atoms with E-state index < -0.39 is 5.97 Å². The summed E-state index contributed by atoms with van der Waals surface area (Å²) in [7, 11) is 0. The quantitative estimate of drug-likeness (QED) is 0.637. The van der Waals surface area contributed by atoms with Gasteiger partial charge in [0, 0.05) is 5.41 Å². The standard InChI is InChI=1S/C10H14O2/c1-10(2,3)8-6-4-5-7-9(11)12/h4-5H,7H2,1-3H3,(H,11,12)/b5-4+. The van der Waals surface area contributed by atoms with Crippen molar-refractivity contribution in [2.45, 2.75) is 27.2 Å². The van der Waals surface area contributed by atoms with Crippen molar-refractivity contribution in [2.75, 3.05) is 0 Å². The van der Waals surface area contributed by atoms with Gasteiger partial charge >= 0.3 is 5.97 Å². The number of carboxylic acid groups (broad SMARTS) is 1. The van der Waals surface area contributed by atoms with Crippen LogP contribution in [-0.2, 0) is 4.79 Å². The number of allylic oxidation sites excluding steroid dienone is 1. The van der Waals surface area contributed by atoms with Gasteiger partial charge in [0.05, 0.1) is 6.42 Å². The van der Waals surface area contributed by atoms with Crippen LogP contribution in [0.1, 0.15) is 27.2 Å². The molecule has 0 saturated heterocycles. The van der Waals surface area contributed by atoms with Crippen molar-refractivity contribution in [1.82, 2.24) is 0 Å². The predicted molar refractivity (Wildman–Crippen MR) is 48.6 cm³/mol. The van der Waals surface area contributed by atoms with Gasteiger partial charge < -0.3 is 5.11 Å². The van der Waals surface area contributed by atoms with E-state index in [9.17, 15) is 4.79 Å². The third kappa shape index (κ3) is 8.77. The lowest BCUT2D eigenvalue weighted by Crippen LogP contribution is -1.98. The van der Waals surface area contributed by atoms with E-state index in [1.54, 1.807) is 12.2 Å². The highest BCUT2D eigenvalue weighted by Gasteiger charge is 2.02. The van der Waals surface area contributed by atoms with E-state index in [-0.39, 0.29) is 11.8 Å². The summed E-state index contributed by atoms with van der Waals surface area (Å²) < 4.78 is 0. The lowest BCUT2D eigenvalue weighted by atomic mass is 9.98. The molecule has 2 heteroatoms. The summed E-state index contributed by atoms with van der Waals surface area (Å²) in [5, 5.41) is 8.27. The van der Waals surface area contributed by atoms with E-state index in [1.807, 2.05) is 20.8 Å². The minimum Gasteiger partial charge on any atom is -0.481 e. The Labute approximate surface area is 73.3 Å². The summed E-state index contributed by atoms with van der Waals surface area (Å²) >= 11 is 0. The maximum absolute atomic E-state index is 10.1. The van der Waals surface area contributed by atoms with Crippen molar-refractivity contribution in [3.63, 3.8) is 0 Å². The van der Waals surface area contributed by atoms with E-state index in [1.165, 1.54) is 0 Å². The molecule has 0 spiro atoms. The highest BCUT2D eigenvalue weighted by atomic mass is 16.4. The Hall–Kier alpha value is -1.23. The molecule has 0 aromatic heterocycles. The zero-order valence-electron chi connectivity index (χ0n) is 7.72. The second kappa shape index (κ2) is 4.61. The molecule has 66 valence electrons. The Kier molecular flexibility index (Phi) is 4.14. The highest BCUT2D eigenvalue weighted by Crippen LogP contribution is 2.09. The molecular weight excluding hydrogens is 152 g/mol. The van der Waals surface area contributed by atoms with Crippen LogP contribution in [0, 0.1) is 17.3 Å². The normalized spacial score (nSPS) is 10.9. The molecule has 2 nitrogen and oxygen atoms in total. The van der Waals surface area contributed by atoms with Crippen LogP contribution in [0.4, 0.5) is 0 Å². The number of carboxylic acids is 1. The average molecular weight is 166 g/mol. The van der Waals surface area contributed by atoms with Crippen LogP contribution in [0.15, 0.2) is 12.2 Å². The molecule has 0 heterocycles. The van der Waals surface area contributed by atoms with Gasteiger partial charge in [-0.3, -0.25) is 4.79 Å². The third-order valence-electron chi connectivity index (χ3n) is 0.941. The molecule has 12 heavy (non-hydrogen) atoms. The van der Waals surface area contributed by atoms with Crippen LogP contribution in [0.3, 0.4) is 0 Å². The monoisotopic (exact) mass is 166 g/mol. The summed E-state index contributed by atoms with van der Waals surface area (Å²) in [5.41, 5.74) is -0.0203. The molecule has 0 aromatic rings. The number of aliphatic carboxylic acids is 1. The largest absolute Gasteiger partial charge is 0.481 e. The van der Waals surface area contributed by atoms with Crippen molar-refractivity contribution in [2.24, 2.45) is 5.41 Å². The molecule has 0 aliphatic rings. The molecule has 0 amide bonds. The SMILES string of the molecule is CC(C)(C)C#C/C=C/CC(=O)O. The van der Waals surface area contributed by atoms with Gasteiger partial charge in [0.25, 0.3) is 0 Å². The number of hydrogen-bond acceptors (Lipinski definition) is 1. The fraction of sp³-hybridized carbons (Fsp3) is 0.500. The van der Waals surface area contributed by atoms with Gasteiger partial charge in [0.15, 0.2) is 0 Å². The number of hydrogen-bond donors (Lipinski definition) is 1. The van der Waals surface area contributed by atoms with Gasteiger partial charge in [0.2, 0.25) is 0 Å². The molecular formula is C10H14O2. The fourth-order valence-corrected chi connectivity index (χ4v) is 0.477. The first-order valence-electron chi connectivity index (χ1n) is 3.81. The van der Waals surface area contributed by atoms with Crippen molar-refractivity contribution in [3.05, 3.63) is 12.2 Å². The molecule has 0 aliphatic carbocycles. The lowest BCUT2D eigenvalue weighted by molar-refractivity contribution is -0.135. The molecule has 0 aromatic carbocycles. The molecule has 0 fully saturated rings. The molecule has 0 unspecified atom stereocenters. The van der Waals surface area contributed by atoms with Gasteiger partial charge in [-0.1, -0.05) is 17.9 Å². The van der Waals surface area contributed by atoms with Crippen LogP contribution in [0.5, 0.6) is 0 Å². The van der Waals surface area contributed by atoms with E-state index in [4.69, 9.17) is 5.11 Å². The minimum absolute atomic E-state index is 0.0203. The summed E-state index contributed by atoms with van der Waals surface area (Å²) in [6.07, 6.45) is 3.17. The molecule has 0 bridgehead atoms. The van der Waals surface area contributed by atoms with Crippen LogP contribution in [-0.4, -0.2) is 11.1 Å². The Morgan fingerprint density at radius 3 is 2.50 bits per heavy atom. The Balaban J connectivity index is 3.86. The summed E-state index contributed by atoms with van der Waals surface area (Å²) in [5.74, 6) is 4.92. The van der Waals surface area contributed by atoms with Gasteiger partial charge in [0.1, 0.15) is 0 Å². The average Bonchev–Trinajstić information content (AvgIpc) is 1.83. The first kappa shape index (κ1) is 10.8. The molecule has 0 rings (SSSR count). The second-order valence-corrected chi connectivity index (χ2v) is 3.52. The van der Waals surface area contributed by atoms with Gasteiger partial charge in [-0.25, -0.2) is 0 Å². The first-order chi connectivity index (χ1) is 5.42. The molecule has 0 aliphatic heterocycles. The zero-order valence-corrected chi connectivity index (χ0v) is 7.72. The van der Waals surface area contributed by atoms with E-state index in [2.05, 4.69) is 11.8 Å². The maximum Gasteiger partial charge on any atom is 0.307 e. The van der Waals surface area contributed by atoms with Crippen molar-refractivity contribution >= 4 is 5.97 Å². The number of carbonyl (C=O) groups is 1. The Morgan fingerprint density at radius 2 is 2.08 bits per heavy atom. The molecule has 0 radical (unpaired) electrons. The van der Waals surface area contributed by atoms with Crippen molar-refractivity contribution < 1.29 is 9.90 Å². The topological polar surface area (TPSA) is 37.3 Å². The molecule has 0 atom stereocenters. The van der Waals surface area contributed by atoms with E-state index in [0.29, 0.717) is 0 Å². The molecule has 1 N–H and O–H groups in total. The number of rotatable bonds is 2. The molecule has 0 saturated carbocycles. The summed E-state index contributed by atoms with van der Waals surface area (Å²) in [6.45, 7) is 6.01. The Bertz CT molecular complexity index is 233. The first-order valence-corrected chi connectivity index (χ1v) is 3.81. The minimum atomic E-state index is -0.830. The summed E-state index contributed by atoms with van der Waals surface area (Å²) in [6, 6.07) is 0. The summed E-state index contributed by atoms with van der Waals surface area (Å²) in [4.78, 5) is 10.1. The maximum atomic E-state index is 10.1. The smallest absolute Gasteiger partial charge is 0.307 e. The van der Waals surface area contributed by atoms with Crippen LogP contribution < -0.4 is 0 Å². The van der Waals surface area contributed by atoms with Crippen LogP contribution >= 0.6 is 0 Å². The third-order valence-corrected chi connectivity index (χ3v) is 0.941. The second-order valence-electron chi connectivity index (χ2n) is 3.52. The highest BCUT2D eigenvalue weighted by molar-refractivity contribution is 5.68. The fourth-order valence-electron chi connectivity index (χ4n) is 0.477. The van der Waals surface area contributed by atoms with Crippen molar-refractivity contribution in [1.29, 1.82) is 0 Å². The van der Waals surface area contributed by atoms with E-state index >= 15 is 0 Å². The predicted octanol–water partition coefficient (Wildman–Crippen LogP) is 2.07. The lowest BCUT2D eigenvalue weighted by Gasteiger charge is -2.05. The van der Waals surface area contributed by atoms with Gasteiger partial charge in [-0.05, 0) is 26.8 Å². The zero-order chi connectivity index (χ0) is 9.61. The Morgan fingerprint density at radius 1 is 1.50 bits per heavy atom. The van der Waals surface area contributed by atoms with E-state index in [0.717, 1.165) is 0 Å². The van der Waals surface area contributed by atoms with Gasteiger partial charge in [-0.2, -0.15) is 0 Å². The van der Waals surface area contributed by atoms with Crippen LogP contribution in [0.25, 0.3) is 0 Å².